The van der Waals surface area contributed by atoms with Crippen molar-refractivity contribution in [1.82, 2.24) is 9.78 Å². The van der Waals surface area contributed by atoms with Crippen molar-refractivity contribution >= 4 is 18.1 Å². The van der Waals surface area contributed by atoms with E-state index < -0.39 is 5.97 Å². The average molecular weight is 457 g/mol. The first-order chi connectivity index (χ1) is 16.0. The molecule has 0 fully saturated rings. The molecule has 0 radical (unpaired) electrons. The van der Waals surface area contributed by atoms with Crippen LogP contribution >= 0.6 is 0 Å². The minimum absolute atomic E-state index is 0.144. The number of benzene rings is 2. The lowest BCUT2D eigenvalue weighted by Gasteiger charge is -2.42. The number of hydrogen-bond acceptors (Lipinski definition) is 2. The van der Waals surface area contributed by atoms with Crippen molar-refractivity contribution in [1.29, 1.82) is 0 Å². The Hall–Kier alpha value is -3.14. The van der Waals surface area contributed by atoms with Gasteiger partial charge in [0, 0.05) is 12.2 Å². The molecule has 2 aromatic carbocycles. The van der Waals surface area contributed by atoms with Gasteiger partial charge in [-0.25, -0.2) is 4.79 Å². The Morgan fingerprint density at radius 1 is 0.971 bits per heavy atom. The number of carboxylic acid groups (broad SMARTS) is 1. The molecule has 0 spiro atoms. The van der Waals surface area contributed by atoms with Crippen LogP contribution in [0.2, 0.25) is 0 Å². The number of aryl methyl sites for hydroxylation is 4. The maximum Gasteiger partial charge on any atom is 0.335 e. The van der Waals surface area contributed by atoms with Gasteiger partial charge in [0.05, 0.1) is 11.3 Å². The Labute approximate surface area is 203 Å². The number of rotatable bonds is 6. The quantitative estimate of drug-likeness (QED) is 0.408. The first kappa shape index (κ1) is 24.0. The van der Waals surface area contributed by atoms with E-state index >= 15 is 0 Å². The van der Waals surface area contributed by atoms with Crippen molar-refractivity contribution < 1.29 is 9.90 Å². The third kappa shape index (κ3) is 4.86. The third-order valence-electron chi connectivity index (χ3n) is 7.42. The highest BCUT2D eigenvalue weighted by Gasteiger charge is 2.37. The van der Waals surface area contributed by atoms with E-state index in [1.165, 1.54) is 40.8 Å². The summed E-state index contributed by atoms with van der Waals surface area (Å²) in [5.74, 6) is -0.901. The van der Waals surface area contributed by atoms with Gasteiger partial charge in [0.25, 0.3) is 0 Å². The summed E-state index contributed by atoms with van der Waals surface area (Å²) in [7, 11) is 0. The zero-order chi connectivity index (χ0) is 24.7. The highest BCUT2D eigenvalue weighted by molar-refractivity contribution is 5.88. The van der Waals surface area contributed by atoms with Crippen LogP contribution in [0.1, 0.15) is 90.1 Å². The summed E-state index contributed by atoms with van der Waals surface area (Å²) in [4.78, 5) is 11.2. The van der Waals surface area contributed by atoms with E-state index in [-0.39, 0.29) is 10.8 Å². The summed E-state index contributed by atoms with van der Waals surface area (Å²) in [6, 6.07) is 14.0. The van der Waals surface area contributed by atoms with Gasteiger partial charge >= 0.3 is 5.97 Å². The lowest BCUT2D eigenvalue weighted by atomic mass is 9.62. The predicted molar refractivity (Wildman–Crippen MR) is 139 cm³/mol. The van der Waals surface area contributed by atoms with Gasteiger partial charge in [-0.05, 0) is 90.0 Å². The van der Waals surface area contributed by atoms with E-state index in [4.69, 9.17) is 0 Å². The maximum absolute atomic E-state index is 11.2. The minimum Gasteiger partial charge on any atom is -0.478 e. The standard InChI is InChI=1S/C30H36N2O2/c1-20-17-21(2)32(31-20)16-13-25-19-27-26(29(3,4)14-15-30(27,5)6)18-24(25)12-9-22-7-10-23(11-8-22)28(33)34/h7-12,17-19H,13-16H2,1-6H3,(H,33,34)/b12-9+. The fourth-order valence-corrected chi connectivity index (χ4v) is 5.10. The van der Waals surface area contributed by atoms with Crippen LogP contribution in [0.3, 0.4) is 0 Å². The normalized spacial score (nSPS) is 16.5. The van der Waals surface area contributed by atoms with Crippen LogP contribution in [0.4, 0.5) is 0 Å². The largest absolute Gasteiger partial charge is 0.478 e. The van der Waals surface area contributed by atoms with Gasteiger partial charge < -0.3 is 5.11 Å². The lowest BCUT2D eigenvalue weighted by molar-refractivity contribution is 0.0697. The Bertz CT molecular complexity index is 1240. The van der Waals surface area contributed by atoms with Crippen molar-refractivity contribution in [3.8, 4) is 0 Å². The van der Waals surface area contributed by atoms with Crippen LogP contribution < -0.4 is 0 Å². The molecule has 1 heterocycles. The molecular weight excluding hydrogens is 420 g/mol. The van der Waals surface area contributed by atoms with Crippen LogP contribution in [0.15, 0.2) is 42.5 Å². The first-order valence-electron chi connectivity index (χ1n) is 12.2. The molecule has 0 amide bonds. The summed E-state index contributed by atoms with van der Waals surface area (Å²) in [5.41, 5.74) is 9.31. The van der Waals surface area contributed by atoms with Crippen LogP contribution in [0.25, 0.3) is 12.2 Å². The summed E-state index contributed by atoms with van der Waals surface area (Å²) in [6.45, 7) is 14.4. The molecule has 0 bridgehead atoms. The van der Waals surface area contributed by atoms with Crippen LogP contribution in [-0.4, -0.2) is 20.9 Å². The molecule has 3 aromatic rings. The van der Waals surface area contributed by atoms with E-state index in [0.717, 1.165) is 24.2 Å². The van der Waals surface area contributed by atoms with Crippen LogP contribution in [0.5, 0.6) is 0 Å². The Morgan fingerprint density at radius 3 is 2.15 bits per heavy atom. The van der Waals surface area contributed by atoms with E-state index in [1.54, 1.807) is 12.1 Å². The number of aromatic carboxylic acids is 1. The topological polar surface area (TPSA) is 55.1 Å². The second kappa shape index (κ2) is 8.90. The van der Waals surface area contributed by atoms with Crippen LogP contribution in [-0.2, 0) is 23.8 Å². The van der Waals surface area contributed by atoms with Crippen molar-refractivity contribution in [2.45, 2.75) is 78.2 Å². The van der Waals surface area contributed by atoms with Gasteiger partial charge in [-0.3, -0.25) is 4.68 Å². The fourth-order valence-electron chi connectivity index (χ4n) is 5.10. The first-order valence-corrected chi connectivity index (χ1v) is 12.2. The molecule has 1 N–H and O–H groups in total. The molecule has 178 valence electrons. The highest BCUT2D eigenvalue weighted by Crippen LogP contribution is 2.46. The third-order valence-corrected chi connectivity index (χ3v) is 7.42. The summed E-state index contributed by atoms with van der Waals surface area (Å²) in [6.07, 6.45) is 7.54. The Balaban J connectivity index is 1.74. The number of nitrogens with zero attached hydrogens (tertiary/aromatic N) is 2. The molecule has 4 heteroatoms. The molecule has 0 saturated carbocycles. The molecule has 4 rings (SSSR count). The summed E-state index contributed by atoms with van der Waals surface area (Å²) in [5, 5.41) is 13.8. The average Bonchev–Trinajstić information content (AvgIpc) is 3.11. The number of carboxylic acids is 1. The van der Waals surface area contributed by atoms with E-state index in [0.29, 0.717) is 5.56 Å². The Morgan fingerprint density at radius 2 is 1.59 bits per heavy atom. The number of fused-ring (bicyclic) bond motifs is 1. The molecule has 0 atom stereocenters. The monoisotopic (exact) mass is 456 g/mol. The van der Waals surface area contributed by atoms with Crippen molar-refractivity contribution in [2.75, 3.05) is 0 Å². The van der Waals surface area contributed by atoms with E-state index in [1.807, 2.05) is 19.1 Å². The van der Waals surface area contributed by atoms with Gasteiger partial charge in [-0.2, -0.15) is 5.10 Å². The Kier molecular flexibility index (Phi) is 6.28. The molecule has 0 aliphatic heterocycles. The molecule has 4 nitrogen and oxygen atoms in total. The van der Waals surface area contributed by atoms with Crippen molar-refractivity contribution in [2.24, 2.45) is 0 Å². The predicted octanol–water partition coefficient (Wildman–Crippen LogP) is 6.96. The van der Waals surface area contributed by atoms with E-state index in [9.17, 15) is 9.90 Å². The van der Waals surface area contributed by atoms with Crippen molar-refractivity contribution in [3.63, 3.8) is 0 Å². The van der Waals surface area contributed by atoms with E-state index in [2.05, 4.69) is 74.8 Å². The van der Waals surface area contributed by atoms with Gasteiger partial charge in [-0.15, -0.1) is 0 Å². The molecular formula is C30H36N2O2. The fraction of sp³-hybridized carbons (Fsp3) is 0.400. The molecule has 1 aromatic heterocycles. The molecule has 1 aliphatic rings. The highest BCUT2D eigenvalue weighted by atomic mass is 16.4. The summed E-state index contributed by atoms with van der Waals surface area (Å²) >= 11 is 0. The summed E-state index contributed by atoms with van der Waals surface area (Å²) < 4.78 is 2.10. The number of hydrogen-bond donors (Lipinski definition) is 1. The zero-order valence-corrected chi connectivity index (χ0v) is 21.3. The SMILES string of the molecule is Cc1cc(C)n(CCc2cc3c(cc2/C=C/c2ccc(C(=O)O)cc2)C(C)(C)CCC3(C)C)n1. The second-order valence-electron chi connectivity index (χ2n) is 11.0. The van der Waals surface area contributed by atoms with Gasteiger partial charge in [0.2, 0.25) is 0 Å². The smallest absolute Gasteiger partial charge is 0.335 e. The number of aromatic nitrogens is 2. The maximum atomic E-state index is 11.2. The van der Waals surface area contributed by atoms with Gasteiger partial charge in [0.1, 0.15) is 0 Å². The van der Waals surface area contributed by atoms with Gasteiger partial charge in [0.15, 0.2) is 0 Å². The molecule has 0 saturated heterocycles. The minimum atomic E-state index is -0.901. The van der Waals surface area contributed by atoms with Crippen LogP contribution in [0, 0.1) is 13.8 Å². The molecule has 1 aliphatic carbocycles. The second-order valence-corrected chi connectivity index (χ2v) is 11.0. The van der Waals surface area contributed by atoms with Crippen molar-refractivity contribution in [3.05, 3.63) is 87.2 Å². The molecule has 34 heavy (non-hydrogen) atoms. The zero-order valence-electron chi connectivity index (χ0n) is 21.3. The van der Waals surface area contributed by atoms with Gasteiger partial charge in [-0.1, -0.05) is 64.1 Å². The molecule has 0 unspecified atom stereocenters. The lowest BCUT2D eigenvalue weighted by Crippen LogP contribution is -2.34. The number of carbonyl (C=O) groups is 1.